The molecule has 126 valence electrons. The first-order valence-electron chi connectivity index (χ1n) is 7.57. The number of hydrogen-bond acceptors (Lipinski definition) is 6. The normalized spacial score (nSPS) is 10.3. The molecule has 3 N–H and O–H groups in total. The van der Waals surface area contributed by atoms with E-state index in [4.69, 9.17) is 10.5 Å². The van der Waals surface area contributed by atoms with Gasteiger partial charge in [-0.1, -0.05) is 12.1 Å². The number of anilines is 2. The first kappa shape index (κ1) is 16.4. The van der Waals surface area contributed by atoms with Gasteiger partial charge in [-0.15, -0.1) is 0 Å². The molecule has 0 aliphatic carbocycles. The van der Waals surface area contributed by atoms with Crippen LogP contribution in [0.25, 0.3) is 11.1 Å². The summed E-state index contributed by atoms with van der Waals surface area (Å²) in [6.07, 6.45) is 5.03. The van der Waals surface area contributed by atoms with E-state index in [2.05, 4.69) is 20.3 Å². The standard InChI is InChI=1S/C18H17N5O2/c1-11-16(17(19)24)7-14(10-20-11)23-18-21-8-13(9-22-18)12-3-5-15(25-2)6-4-12/h3-10H,1-2H3,(H2,19,24)(H,21,22,23). The van der Waals surface area contributed by atoms with E-state index in [-0.39, 0.29) is 0 Å². The molecule has 3 aromatic rings. The predicted octanol–water partition coefficient (Wildman–Crippen LogP) is 2.70. The number of nitrogens with two attached hydrogens (primary N) is 1. The van der Waals surface area contributed by atoms with Crippen LogP contribution < -0.4 is 15.8 Å². The van der Waals surface area contributed by atoms with Gasteiger partial charge in [-0.3, -0.25) is 9.78 Å². The Morgan fingerprint density at radius 3 is 2.32 bits per heavy atom. The summed E-state index contributed by atoms with van der Waals surface area (Å²) in [7, 11) is 1.63. The zero-order valence-electron chi connectivity index (χ0n) is 13.9. The Labute approximate surface area is 144 Å². The number of benzene rings is 1. The van der Waals surface area contributed by atoms with Crippen molar-refractivity contribution >= 4 is 17.5 Å². The van der Waals surface area contributed by atoms with Crippen LogP contribution in [0.4, 0.5) is 11.6 Å². The molecule has 7 heteroatoms. The van der Waals surface area contributed by atoms with Crippen molar-refractivity contribution in [3.63, 3.8) is 0 Å². The van der Waals surface area contributed by atoms with Crippen LogP contribution in [0.3, 0.4) is 0 Å². The minimum Gasteiger partial charge on any atom is -0.497 e. The molecule has 0 atom stereocenters. The van der Waals surface area contributed by atoms with Crippen LogP contribution in [0, 0.1) is 6.92 Å². The molecule has 1 aromatic carbocycles. The number of aromatic nitrogens is 3. The highest BCUT2D eigenvalue weighted by Gasteiger charge is 2.08. The minimum atomic E-state index is -0.524. The molecule has 0 spiro atoms. The number of primary amides is 1. The summed E-state index contributed by atoms with van der Waals surface area (Å²) < 4.78 is 5.15. The molecule has 0 aliphatic heterocycles. The van der Waals surface area contributed by atoms with Gasteiger partial charge in [0.25, 0.3) is 5.91 Å². The fraction of sp³-hybridized carbons (Fsp3) is 0.111. The topological polar surface area (TPSA) is 103 Å². The van der Waals surface area contributed by atoms with Gasteiger partial charge in [0.15, 0.2) is 0 Å². The zero-order chi connectivity index (χ0) is 17.8. The number of ether oxygens (including phenoxy) is 1. The van der Waals surface area contributed by atoms with Crippen molar-refractivity contribution < 1.29 is 9.53 Å². The average molecular weight is 335 g/mol. The molecule has 0 saturated heterocycles. The molecule has 0 radical (unpaired) electrons. The summed E-state index contributed by atoms with van der Waals surface area (Å²) in [5.74, 6) is 0.669. The van der Waals surface area contributed by atoms with Crippen LogP contribution in [0.2, 0.25) is 0 Å². The maximum Gasteiger partial charge on any atom is 0.250 e. The number of aryl methyl sites for hydroxylation is 1. The third-order valence-electron chi connectivity index (χ3n) is 3.68. The summed E-state index contributed by atoms with van der Waals surface area (Å²) in [4.78, 5) is 24.1. The molecule has 3 rings (SSSR count). The first-order valence-corrected chi connectivity index (χ1v) is 7.57. The van der Waals surface area contributed by atoms with Crippen LogP contribution in [-0.2, 0) is 0 Å². The van der Waals surface area contributed by atoms with Crippen LogP contribution in [0.15, 0.2) is 48.9 Å². The molecule has 0 aliphatic rings. The Morgan fingerprint density at radius 2 is 1.72 bits per heavy atom. The molecule has 2 aromatic heterocycles. The van der Waals surface area contributed by atoms with Crippen LogP contribution in [-0.4, -0.2) is 28.0 Å². The van der Waals surface area contributed by atoms with Gasteiger partial charge in [0.2, 0.25) is 5.95 Å². The first-order chi connectivity index (χ1) is 12.1. The van der Waals surface area contributed by atoms with Crippen molar-refractivity contribution in [2.24, 2.45) is 5.73 Å². The SMILES string of the molecule is COc1ccc(-c2cnc(Nc3cnc(C)c(C(N)=O)c3)nc2)cc1. The smallest absolute Gasteiger partial charge is 0.250 e. The Bertz CT molecular complexity index is 892. The third kappa shape index (κ3) is 3.72. The van der Waals surface area contributed by atoms with Crippen molar-refractivity contribution in [1.29, 1.82) is 0 Å². The van der Waals surface area contributed by atoms with Gasteiger partial charge in [0.1, 0.15) is 5.75 Å². The van der Waals surface area contributed by atoms with Crippen molar-refractivity contribution in [1.82, 2.24) is 15.0 Å². The molecule has 0 unspecified atom stereocenters. The van der Waals surface area contributed by atoms with Crippen molar-refractivity contribution in [3.8, 4) is 16.9 Å². The van der Waals surface area contributed by atoms with Crippen molar-refractivity contribution in [2.45, 2.75) is 6.92 Å². The number of nitrogens with zero attached hydrogens (tertiary/aromatic N) is 3. The number of nitrogens with one attached hydrogen (secondary N) is 1. The number of methoxy groups -OCH3 is 1. The second kappa shape index (κ2) is 6.96. The van der Waals surface area contributed by atoms with E-state index < -0.39 is 5.91 Å². The van der Waals surface area contributed by atoms with E-state index in [1.54, 1.807) is 38.7 Å². The fourth-order valence-corrected chi connectivity index (χ4v) is 2.31. The number of pyridine rings is 1. The van der Waals surface area contributed by atoms with E-state index in [9.17, 15) is 4.79 Å². The number of carbonyl (C=O) groups excluding carboxylic acids is 1. The summed E-state index contributed by atoms with van der Waals surface area (Å²) in [5, 5.41) is 3.01. The molecule has 0 saturated carbocycles. The highest BCUT2D eigenvalue weighted by atomic mass is 16.5. The largest absolute Gasteiger partial charge is 0.497 e. The molecule has 25 heavy (non-hydrogen) atoms. The maximum absolute atomic E-state index is 11.4. The molecule has 7 nitrogen and oxygen atoms in total. The van der Waals surface area contributed by atoms with Crippen LogP contribution in [0.1, 0.15) is 16.1 Å². The van der Waals surface area contributed by atoms with E-state index in [0.717, 1.165) is 16.9 Å². The Morgan fingerprint density at radius 1 is 1.04 bits per heavy atom. The maximum atomic E-state index is 11.4. The fourth-order valence-electron chi connectivity index (χ4n) is 2.31. The summed E-state index contributed by atoms with van der Waals surface area (Å²) in [6, 6.07) is 9.27. The van der Waals surface area contributed by atoms with E-state index >= 15 is 0 Å². The third-order valence-corrected chi connectivity index (χ3v) is 3.68. The summed E-state index contributed by atoms with van der Waals surface area (Å²) in [6.45, 7) is 1.73. The average Bonchev–Trinajstić information content (AvgIpc) is 2.64. The molecular formula is C18H17N5O2. The number of hydrogen-bond donors (Lipinski definition) is 2. The van der Waals surface area contributed by atoms with Crippen molar-refractivity contribution in [2.75, 3.05) is 12.4 Å². The Hall–Kier alpha value is -3.48. The quantitative estimate of drug-likeness (QED) is 0.743. The molecular weight excluding hydrogens is 318 g/mol. The van der Waals surface area contributed by atoms with Gasteiger partial charge in [-0.2, -0.15) is 0 Å². The van der Waals surface area contributed by atoms with Gasteiger partial charge in [-0.05, 0) is 30.7 Å². The van der Waals surface area contributed by atoms with Gasteiger partial charge in [0.05, 0.1) is 30.3 Å². The van der Waals surface area contributed by atoms with Gasteiger partial charge >= 0.3 is 0 Å². The van der Waals surface area contributed by atoms with Crippen molar-refractivity contribution in [3.05, 3.63) is 60.2 Å². The van der Waals surface area contributed by atoms with E-state index in [1.807, 2.05) is 24.3 Å². The monoisotopic (exact) mass is 335 g/mol. The highest BCUT2D eigenvalue weighted by Crippen LogP contribution is 2.22. The predicted molar refractivity (Wildman–Crippen MR) is 94.8 cm³/mol. The second-order valence-electron chi connectivity index (χ2n) is 5.37. The number of carbonyl (C=O) groups is 1. The highest BCUT2D eigenvalue weighted by molar-refractivity contribution is 5.94. The Kier molecular flexibility index (Phi) is 4.56. The molecule has 1 amide bonds. The van der Waals surface area contributed by atoms with Gasteiger partial charge in [-0.25, -0.2) is 9.97 Å². The van der Waals surface area contributed by atoms with Crippen LogP contribution >= 0.6 is 0 Å². The van der Waals surface area contributed by atoms with E-state index in [1.165, 1.54) is 0 Å². The molecule has 2 heterocycles. The lowest BCUT2D eigenvalue weighted by Gasteiger charge is -2.08. The number of amides is 1. The van der Waals surface area contributed by atoms with Gasteiger partial charge < -0.3 is 15.8 Å². The molecule has 0 bridgehead atoms. The Balaban J connectivity index is 1.78. The van der Waals surface area contributed by atoms with E-state index in [0.29, 0.717) is 22.9 Å². The summed E-state index contributed by atoms with van der Waals surface area (Å²) >= 11 is 0. The lowest BCUT2D eigenvalue weighted by molar-refractivity contribution is 0.0999. The lowest BCUT2D eigenvalue weighted by Crippen LogP contribution is -2.14. The zero-order valence-corrected chi connectivity index (χ0v) is 13.9. The molecule has 0 fully saturated rings. The summed E-state index contributed by atoms with van der Waals surface area (Å²) in [5.41, 5.74) is 8.74. The minimum absolute atomic E-state index is 0.361. The lowest BCUT2D eigenvalue weighted by atomic mass is 10.1. The number of rotatable bonds is 5. The second-order valence-corrected chi connectivity index (χ2v) is 5.37. The van der Waals surface area contributed by atoms with Gasteiger partial charge in [0, 0.05) is 18.0 Å². The van der Waals surface area contributed by atoms with Crippen LogP contribution in [0.5, 0.6) is 5.75 Å².